The van der Waals surface area contributed by atoms with Gasteiger partial charge in [0.2, 0.25) is 11.8 Å². The van der Waals surface area contributed by atoms with Crippen LogP contribution in [0.1, 0.15) is 67.7 Å². The highest BCUT2D eigenvalue weighted by atomic mass is 16.5. The summed E-state index contributed by atoms with van der Waals surface area (Å²) in [6, 6.07) is 24.6. The highest BCUT2D eigenvalue weighted by Gasteiger charge is 2.26. The van der Waals surface area contributed by atoms with Gasteiger partial charge >= 0.3 is 5.97 Å². The van der Waals surface area contributed by atoms with Gasteiger partial charge < -0.3 is 20.1 Å². The molecule has 1 heterocycles. The molecule has 1 aliphatic heterocycles. The van der Waals surface area contributed by atoms with Gasteiger partial charge in [0, 0.05) is 32.4 Å². The first-order valence-electron chi connectivity index (χ1n) is 14.9. The van der Waals surface area contributed by atoms with E-state index in [0.29, 0.717) is 37.8 Å². The van der Waals surface area contributed by atoms with Gasteiger partial charge in [0.25, 0.3) is 0 Å². The molecule has 1 saturated heterocycles. The van der Waals surface area contributed by atoms with E-state index < -0.39 is 12.0 Å². The third-order valence-electron chi connectivity index (χ3n) is 7.96. The third-order valence-corrected chi connectivity index (χ3v) is 7.96. The zero-order chi connectivity index (χ0) is 29.9. The summed E-state index contributed by atoms with van der Waals surface area (Å²) in [6.45, 7) is 6.04. The van der Waals surface area contributed by atoms with Gasteiger partial charge in [-0.25, -0.2) is 4.79 Å². The number of rotatable bonds is 13. The molecule has 0 unspecified atom stereocenters. The number of hydrogen-bond donors (Lipinski definition) is 2. The molecule has 222 valence electrons. The highest BCUT2D eigenvalue weighted by molar-refractivity contribution is 5.84. The topological polar surface area (TPSA) is 95.9 Å². The van der Waals surface area contributed by atoms with Crippen LogP contribution in [0.2, 0.25) is 0 Å². The molecule has 7 nitrogen and oxygen atoms in total. The summed E-state index contributed by atoms with van der Waals surface area (Å²) >= 11 is 0. The average molecular weight is 571 g/mol. The smallest absolute Gasteiger partial charge is 0.326 e. The Hall–Kier alpha value is -4.13. The SMILES string of the molecule is CC(C)c1ccc(CCC(=O)N2CCC(CC(=O)N[C@@H](Cc3ccc(OCc4ccccc4)cc3)C(=O)O)CC2)cc1. The van der Waals surface area contributed by atoms with Gasteiger partial charge in [-0.3, -0.25) is 9.59 Å². The number of nitrogens with one attached hydrogen (secondary N) is 1. The van der Waals surface area contributed by atoms with E-state index >= 15 is 0 Å². The molecule has 7 heteroatoms. The fraction of sp³-hybridized carbons (Fsp3) is 0.400. The normalized spacial score (nSPS) is 14.4. The van der Waals surface area contributed by atoms with Crippen molar-refractivity contribution in [1.82, 2.24) is 10.2 Å². The summed E-state index contributed by atoms with van der Waals surface area (Å²) < 4.78 is 5.80. The van der Waals surface area contributed by atoms with Crippen LogP contribution < -0.4 is 10.1 Å². The first-order valence-corrected chi connectivity index (χ1v) is 14.9. The van der Waals surface area contributed by atoms with Crippen LogP contribution in [0.4, 0.5) is 0 Å². The lowest BCUT2D eigenvalue weighted by Crippen LogP contribution is -2.44. The van der Waals surface area contributed by atoms with Crippen LogP contribution in [0, 0.1) is 5.92 Å². The quantitative estimate of drug-likeness (QED) is 0.272. The van der Waals surface area contributed by atoms with Crippen molar-refractivity contribution in [3.05, 3.63) is 101 Å². The molecule has 1 aliphatic rings. The minimum atomic E-state index is -1.06. The van der Waals surface area contributed by atoms with Crippen LogP contribution in [0.5, 0.6) is 5.75 Å². The van der Waals surface area contributed by atoms with Gasteiger partial charge in [0.1, 0.15) is 18.4 Å². The number of carboxylic acid groups (broad SMARTS) is 1. The van der Waals surface area contributed by atoms with Crippen LogP contribution in [0.3, 0.4) is 0 Å². The van der Waals surface area contributed by atoms with Crippen LogP contribution in [-0.2, 0) is 33.8 Å². The Morgan fingerprint density at radius 1 is 0.881 bits per heavy atom. The summed E-state index contributed by atoms with van der Waals surface area (Å²) in [5, 5.41) is 12.4. The number of hydrogen-bond acceptors (Lipinski definition) is 4. The number of ether oxygens (including phenoxy) is 1. The van der Waals surface area contributed by atoms with E-state index in [0.717, 1.165) is 30.4 Å². The highest BCUT2D eigenvalue weighted by Crippen LogP contribution is 2.22. The predicted octanol–water partition coefficient (Wildman–Crippen LogP) is 5.76. The first kappa shape index (κ1) is 30.8. The van der Waals surface area contributed by atoms with E-state index in [4.69, 9.17) is 4.74 Å². The van der Waals surface area contributed by atoms with Crippen molar-refractivity contribution in [2.24, 2.45) is 5.92 Å². The van der Waals surface area contributed by atoms with E-state index in [1.807, 2.05) is 59.5 Å². The zero-order valence-corrected chi connectivity index (χ0v) is 24.6. The number of carbonyl (C=O) groups excluding carboxylic acids is 2. The van der Waals surface area contributed by atoms with E-state index in [2.05, 4.69) is 43.4 Å². The Morgan fingerprint density at radius 2 is 1.52 bits per heavy atom. The minimum Gasteiger partial charge on any atom is -0.489 e. The number of carbonyl (C=O) groups is 3. The van der Waals surface area contributed by atoms with Gasteiger partial charge in [0.05, 0.1) is 0 Å². The van der Waals surface area contributed by atoms with Crippen molar-refractivity contribution in [3.63, 3.8) is 0 Å². The fourth-order valence-electron chi connectivity index (χ4n) is 5.28. The summed E-state index contributed by atoms with van der Waals surface area (Å²) in [6.07, 6.45) is 3.13. The van der Waals surface area contributed by atoms with E-state index in [9.17, 15) is 19.5 Å². The van der Waals surface area contributed by atoms with Crippen molar-refractivity contribution in [3.8, 4) is 5.75 Å². The van der Waals surface area contributed by atoms with Crippen molar-refractivity contribution in [2.75, 3.05) is 13.1 Å². The average Bonchev–Trinajstić information content (AvgIpc) is 3.00. The maximum absolute atomic E-state index is 12.8. The largest absolute Gasteiger partial charge is 0.489 e. The van der Waals surface area contributed by atoms with E-state index in [1.54, 1.807) is 0 Å². The number of amides is 2. The standard InChI is InChI=1S/C35H42N2O5/c1-25(2)30-13-8-26(9-14-30)12-17-34(39)37-20-18-28(19-21-37)23-33(38)36-32(35(40)41)22-27-10-15-31(16-11-27)42-24-29-6-4-3-5-7-29/h3-11,13-16,25,28,32H,12,17-24H2,1-2H3,(H,36,38)(H,40,41)/t32-/m0/s1. The number of carboxylic acids is 1. The molecule has 0 aromatic heterocycles. The van der Waals surface area contributed by atoms with Gasteiger partial charge in [-0.15, -0.1) is 0 Å². The minimum absolute atomic E-state index is 0.133. The first-order chi connectivity index (χ1) is 20.3. The van der Waals surface area contributed by atoms with Gasteiger partial charge in [0.15, 0.2) is 0 Å². The van der Waals surface area contributed by atoms with Crippen LogP contribution in [0.25, 0.3) is 0 Å². The van der Waals surface area contributed by atoms with Crippen molar-refractivity contribution < 1.29 is 24.2 Å². The molecule has 0 bridgehead atoms. The van der Waals surface area contributed by atoms with Crippen LogP contribution >= 0.6 is 0 Å². The lowest BCUT2D eigenvalue weighted by molar-refractivity contribution is -0.142. The van der Waals surface area contributed by atoms with Gasteiger partial charge in [-0.05, 0) is 65.5 Å². The molecule has 0 aliphatic carbocycles. The Morgan fingerprint density at radius 3 is 2.14 bits per heavy atom. The molecule has 0 saturated carbocycles. The molecule has 1 fully saturated rings. The maximum Gasteiger partial charge on any atom is 0.326 e. The lowest BCUT2D eigenvalue weighted by atomic mass is 9.92. The van der Waals surface area contributed by atoms with Crippen LogP contribution in [-0.4, -0.2) is 46.9 Å². The molecule has 2 N–H and O–H groups in total. The monoisotopic (exact) mass is 570 g/mol. The second kappa shape index (κ2) is 15.2. The Labute approximate surface area is 248 Å². The zero-order valence-electron chi connectivity index (χ0n) is 24.6. The summed E-state index contributed by atoms with van der Waals surface area (Å²) in [5.41, 5.74) is 4.33. The Balaban J connectivity index is 1.17. The van der Waals surface area contributed by atoms with Crippen molar-refractivity contribution in [2.45, 2.75) is 70.9 Å². The number of piperidine rings is 1. The number of likely N-dealkylation sites (tertiary alicyclic amines) is 1. The van der Waals surface area contributed by atoms with Crippen molar-refractivity contribution >= 4 is 17.8 Å². The molecular formula is C35H42N2O5. The Bertz CT molecular complexity index is 1300. The fourth-order valence-corrected chi connectivity index (χ4v) is 5.28. The molecule has 2 amide bonds. The second-order valence-electron chi connectivity index (χ2n) is 11.5. The third kappa shape index (κ3) is 9.47. The summed E-state index contributed by atoms with van der Waals surface area (Å²) in [5.74, 6) is 0.138. The maximum atomic E-state index is 12.8. The van der Waals surface area contributed by atoms with Gasteiger partial charge in [-0.2, -0.15) is 0 Å². The summed E-state index contributed by atoms with van der Waals surface area (Å²) in [7, 11) is 0. The molecule has 0 spiro atoms. The van der Waals surface area contributed by atoms with E-state index in [1.165, 1.54) is 11.1 Å². The van der Waals surface area contributed by atoms with E-state index in [-0.39, 0.29) is 30.6 Å². The predicted molar refractivity (Wildman–Crippen MR) is 163 cm³/mol. The van der Waals surface area contributed by atoms with Crippen LogP contribution in [0.15, 0.2) is 78.9 Å². The number of nitrogens with zero attached hydrogens (tertiary/aromatic N) is 1. The number of aliphatic carboxylic acids is 1. The number of benzene rings is 3. The lowest BCUT2D eigenvalue weighted by Gasteiger charge is -2.32. The van der Waals surface area contributed by atoms with Gasteiger partial charge in [-0.1, -0.05) is 80.6 Å². The Kier molecular flexibility index (Phi) is 11.2. The molecule has 4 rings (SSSR count). The molecule has 0 radical (unpaired) electrons. The molecule has 3 aromatic rings. The van der Waals surface area contributed by atoms with Crippen molar-refractivity contribution in [1.29, 1.82) is 0 Å². The summed E-state index contributed by atoms with van der Waals surface area (Å²) in [4.78, 5) is 39.3. The second-order valence-corrected chi connectivity index (χ2v) is 11.5. The molecular weight excluding hydrogens is 528 g/mol. The number of aryl methyl sites for hydroxylation is 1. The molecule has 42 heavy (non-hydrogen) atoms. The molecule has 1 atom stereocenters. The molecule has 3 aromatic carbocycles.